The number of aromatic nitrogens is 1. The fourth-order valence-electron chi connectivity index (χ4n) is 1.84. The summed E-state index contributed by atoms with van der Waals surface area (Å²) in [7, 11) is 1.61. The Morgan fingerprint density at radius 3 is 2.56 bits per heavy atom. The highest BCUT2D eigenvalue weighted by molar-refractivity contribution is 5.85. The van der Waals surface area contributed by atoms with Gasteiger partial charge in [0.05, 0.1) is 19.9 Å². The highest BCUT2D eigenvalue weighted by Gasteiger charge is 2.13. The number of piperidine rings is 1. The molecule has 0 aliphatic carbocycles. The number of rotatable bonds is 4. The second-order valence-electron chi connectivity index (χ2n) is 4.04. The van der Waals surface area contributed by atoms with Crippen LogP contribution in [-0.4, -0.2) is 31.8 Å². The molecule has 2 rings (SSSR count). The molecular formula is C12H20Cl2N2O2. The molecular weight excluding hydrogens is 275 g/mol. The first kappa shape index (κ1) is 17.3. The standard InChI is InChI=1S/C12H18N2O2.2ClH/c1-15-12-3-2-11(8-14-12)16-9-10-4-6-13-7-5-10;;/h2-3,8,10,13H,4-7,9H2,1H3;2*1H. The molecule has 0 aromatic carbocycles. The molecule has 1 aromatic rings. The van der Waals surface area contributed by atoms with Crippen molar-refractivity contribution in [1.82, 2.24) is 10.3 Å². The van der Waals surface area contributed by atoms with Crippen molar-refractivity contribution in [3.63, 3.8) is 0 Å². The fraction of sp³-hybridized carbons (Fsp3) is 0.583. The van der Waals surface area contributed by atoms with Gasteiger partial charge >= 0.3 is 0 Å². The van der Waals surface area contributed by atoms with Crippen LogP contribution in [0.1, 0.15) is 12.8 Å². The lowest BCUT2D eigenvalue weighted by Gasteiger charge is -2.22. The van der Waals surface area contributed by atoms with Crippen LogP contribution in [0.25, 0.3) is 0 Å². The molecule has 0 bridgehead atoms. The van der Waals surface area contributed by atoms with Crippen LogP contribution in [-0.2, 0) is 0 Å². The Hall–Kier alpha value is -0.710. The Morgan fingerprint density at radius 2 is 2.00 bits per heavy atom. The van der Waals surface area contributed by atoms with Gasteiger partial charge in [-0.1, -0.05) is 0 Å². The van der Waals surface area contributed by atoms with Crippen LogP contribution >= 0.6 is 24.8 Å². The Bertz CT molecular complexity index is 316. The fourth-order valence-corrected chi connectivity index (χ4v) is 1.84. The van der Waals surface area contributed by atoms with E-state index < -0.39 is 0 Å². The molecule has 6 heteroatoms. The van der Waals surface area contributed by atoms with Crippen molar-refractivity contribution in [2.75, 3.05) is 26.8 Å². The molecule has 1 aliphatic heterocycles. The van der Waals surface area contributed by atoms with Crippen molar-refractivity contribution in [2.45, 2.75) is 12.8 Å². The van der Waals surface area contributed by atoms with Crippen molar-refractivity contribution in [1.29, 1.82) is 0 Å². The zero-order valence-corrected chi connectivity index (χ0v) is 12.1. The van der Waals surface area contributed by atoms with Gasteiger partial charge in [0.1, 0.15) is 5.75 Å². The van der Waals surface area contributed by atoms with Crippen LogP contribution in [0.5, 0.6) is 11.6 Å². The lowest BCUT2D eigenvalue weighted by atomic mass is 9.99. The van der Waals surface area contributed by atoms with Crippen molar-refractivity contribution in [3.05, 3.63) is 18.3 Å². The smallest absolute Gasteiger partial charge is 0.213 e. The van der Waals surface area contributed by atoms with Crippen molar-refractivity contribution >= 4 is 24.8 Å². The van der Waals surface area contributed by atoms with Crippen LogP contribution in [0.4, 0.5) is 0 Å². The van der Waals surface area contributed by atoms with Crippen LogP contribution in [0, 0.1) is 5.92 Å². The van der Waals surface area contributed by atoms with Gasteiger partial charge in [-0.05, 0) is 37.9 Å². The first-order chi connectivity index (χ1) is 7.88. The molecule has 0 saturated carbocycles. The molecule has 0 atom stereocenters. The second-order valence-corrected chi connectivity index (χ2v) is 4.04. The minimum absolute atomic E-state index is 0. The van der Waals surface area contributed by atoms with Crippen LogP contribution in [0.2, 0.25) is 0 Å². The van der Waals surface area contributed by atoms with Gasteiger partial charge in [0.25, 0.3) is 0 Å². The maximum Gasteiger partial charge on any atom is 0.213 e. The van der Waals surface area contributed by atoms with E-state index in [1.54, 1.807) is 13.3 Å². The Morgan fingerprint density at radius 1 is 1.28 bits per heavy atom. The molecule has 4 nitrogen and oxygen atoms in total. The number of methoxy groups -OCH3 is 1. The van der Waals surface area contributed by atoms with Gasteiger partial charge in [-0.2, -0.15) is 0 Å². The number of halogens is 2. The van der Waals surface area contributed by atoms with E-state index >= 15 is 0 Å². The normalized spacial score (nSPS) is 15.2. The first-order valence-corrected chi connectivity index (χ1v) is 5.72. The molecule has 1 saturated heterocycles. The van der Waals surface area contributed by atoms with Crippen molar-refractivity contribution in [2.24, 2.45) is 5.92 Å². The summed E-state index contributed by atoms with van der Waals surface area (Å²) in [6, 6.07) is 3.71. The van der Waals surface area contributed by atoms with E-state index in [-0.39, 0.29) is 24.8 Å². The zero-order valence-electron chi connectivity index (χ0n) is 10.4. The van der Waals surface area contributed by atoms with E-state index in [2.05, 4.69) is 10.3 Å². The predicted molar refractivity (Wildman–Crippen MR) is 76.4 cm³/mol. The number of nitrogens with zero attached hydrogens (tertiary/aromatic N) is 1. The summed E-state index contributed by atoms with van der Waals surface area (Å²) >= 11 is 0. The minimum atomic E-state index is 0. The SMILES string of the molecule is COc1ccc(OCC2CCNCC2)cn1.Cl.Cl. The van der Waals surface area contributed by atoms with E-state index in [1.807, 2.05) is 12.1 Å². The predicted octanol–water partition coefficient (Wildman–Crippen LogP) is 2.31. The molecule has 0 radical (unpaired) electrons. The lowest BCUT2D eigenvalue weighted by Crippen LogP contribution is -2.30. The van der Waals surface area contributed by atoms with Gasteiger partial charge < -0.3 is 14.8 Å². The van der Waals surface area contributed by atoms with E-state index in [9.17, 15) is 0 Å². The summed E-state index contributed by atoms with van der Waals surface area (Å²) in [5, 5.41) is 3.34. The summed E-state index contributed by atoms with van der Waals surface area (Å²) in [6.45, 7) is 3.00. The third-order valence-corrected chi connectivity index (χ3v) is 2.86. The molecule has 0 amide bonds. The van der Waals surface area contributed by atoms with Crippen LogP contribution < -0.4 is 14.8 Å². The number of ether oxygens (including phenoxy) is 2. The van der Waals surface area contributed by atoms with Crippen molar-refractivity contribution < 1.29 is 9.47 Å². The molecule has 1 aromatic heterocycles. The number of hydrogen-bond acceptors (Lipinski definition) is 4. The second kappa shape index (κ2) is 9.25. The average molecular weight is 295 g/mol. The Balaban J connectivity index is 0.00000144. The quantitative estimate of drug-likeness (QED) is 0.925. The first-order valence-electron chi connectivity index (χ1n) is 5.72. The summed E-state index contributed by atoms with van der Waals surface area (Å²) in [5.41, 5.74) is 0. The Kier molecular flexibility index (Phi) is 8.89. The van der Waals surface area contributed by atoms with E-state index in [4.69, 9.17) is 9.47 Å². The molecule has 2 heterocycles. The van der Waals surface area contributed by atoms with E-state index in [1.165, 1.54) is 12.8 Å². The van der Waals surface area contributed by atoms with Gasteiger partial charge in [-0.25, -0.2) is 4.98 Å². The van der Waals surface area contributed by atoms with Crippen LogP contribution in [0.3, 0.4) is 0 Å². The Labute approximate surface area is 120 Å². The van der Waals surface area contributed by atoms with Gasteiger partial charge in [0, 0.05) is 6.07 Å². The molecule has 104 valence electrons. The molecule has 1 N–H and O–H groups in total. The lowest BCUT2D eigenvalue weighted by molar-refractivity contribution is 0.214. The maximum absolute atomic E-state index is 5.70. The number of nitrogens with one attached hydrogen (secondary N) is 1. The van der Waals surface area contributed by atoms with Gasteiger partial charge in [-0.15, -0.1) is 24.8 Å². The molecule has 1 fully saturated rings. The van der Waals surface area contributed by atoms with Gasteiger partial charge in [-0.3, -0.25) is 0 Å². The maximum atomic E-state index is 5.70. The molecule has 1 aliphatic rings. The summed E-state index contributed by atoms with van der Waals surface area (Å²) in [5.74, 6) is 2.11. The topological polar surface area (TPSA) is 43.4 Å². The molecule has 0 spiro atoms. The molecule has 18 heavy (non-hydrogen) atoms. The number of hydrogen-bond donors (Lipinski definition) is 1. The van der Waals surface area contributed by atoms with Crippen molar-refractivity contribution in [3.8, 4) is 11.6 Å². The number of pyridine rings is 1. The van der Waals surface area contributed by atoms with Gasteiger partial charge in [0.15, 0.2) is 0 Å². The molecule has 0 unspecified atom stereocenters. The highest BCUT2D eigenvalue weighted by Crippen LogP contribution is 2.17. The average Bonchev–Trinajstić information content (AvgIpc) is 2.38. The minimum Gasteiger partial charge on any atom is -0.492 e. The monoisotopic (exact) mass is 294 g/mol. The summed E-state index contributed by atoms with van der Waals surface area (Å²) in [4.78, 5) is 4.10. The summed E-state index contributed by atoms with van der Waals surface area (Å²) in [6.07, 6.45) is 4.10. The largest absolute Gasteiger partial charge is 0.492 e. The summed E-state index contributed by atoms with van der Waals surface area (Å²) < 4.78 is 10.7. The zero-order chi connectivity index (χ0) is 11.2. The van der Waals surface area contributed by atoms with E-state index in [0.717, 1.165) is 25.4 Å². The third-order valence-electron chi connectivity index (χ3n) is 2.86. The third kappa shape index (κ3) is 5.29. The van der Waals surface area contributed by atoms with Gasteiger partial charge in [0.2, 0.25) is 5.88 Å². The van der Waals surface area contributed by atoms with Crippen LogP contribution in [0.15, 0.2) is 18.3 Å². The highest BCUT2D eigenvalue weighted by atomic mass is 35.5. The van der Waals surface area contributed by atoms with E-state index in [0.29, 0.717) is 11.8 Å².